The van der Waals surface area contributed by atoms with E-state index in [2.05, 4.69) is 22.6 Å². The van der Waals surface area contributed by atoms with E-state index in [1.807, 2.05) is 13.0 Å². The van der Waals surface area contributed by atoms with Crippen molar-refractivity contribution in [2.45, 2.75) is 6.92 Å². The van der Waals surface area contributed by atoms with Crippen LogP contribution >= 0.6 is 34.4 Å². The van der Waals surface area contributed by atoms with Crippen LogP contribution in [0, 0.1) is 3.57 Å². The number of ether oxygens (including phenoxy) is 1. The average Bonchev–Trinajstić information content (AvgIpc) is 2.69. The second kappa shape index (κ2) is 7.14. The molecule has 1 fully saturated rings. The molecule has 0 unspecified atom stereocenters. The lowest BCUT2D eigenvalue weighted by molar-refractivity contribution is -0.140. The lowest BCUT2D eigenvalue weighted by Crippen LogP contribution is -2.33. The largest absolute Gasteiger partial charge is 0.493 e. The Morgan fingerprint density at radius 2 is 2.18 bits per heavy atom. The molecule has 0 bridgehead atoms. The zero-order chi connectivity index (χ0) is 16.3. The molecule has 0 aromatic heterocycles. The van der Waals surface area contributed by atoms with E-state index in [1.54, 1.807) is 18.2 Å². The summed E-state index contributed by atoms with van der Waals surface area (Å²) in [5.74, 6) is -1.06. The van der Waals surface area contributed by atoms with Crippen LogP contribution in [-0.4, -0.2) is 40.3 Å². The molecule has 6 nitrogen and oxygen atoms in total. The molecule has 0 atom stereocenters. The first-order valence-corrected chi connectivity index (χ1v) is 8.21. The molecule has 8 heteroatoms. The Bertz CT molecular complexity index is 673. The van der Waals surface area contributed by atoms with Crippen LogP contribution in [0.5, 0.6) is 5.75 Å². The fourth-order valence-electron chi connectivity index (χ4n) is 1.80. The van der Waals surface area contributed by atoms with Gasteiger partial charge in [0.25, 0.3) is 11.1 Å². The third-order valence-electron chi connectivity index (χ3n) is 2.72. The number of imide groups is 1. The van der Waals surface area contributed by atoms with Crippen molar-refractivity contribution in [2.75, 3.05) is 13.2 Å². The van der Waals surface area contributed by atoms with E-state index < -0.39 is 23.7 Å². The number of hydrogen-bond acceptors (Lipinski definition) is 5. The SMILES string of the molecule is CCOc1ccc(C=C2SC(=O)N(CC(=O)O)C2=O)cc1I. The second-order valence-electron chi connectivity index (χ2n) is 4.28. The Labute approximate surface area is 144 Å². The van der Waals surface area contributed by atoms with Crippen LogP contribution < -0.4 is 4.74 Å². The number of halogens is 1. The van der Waals surface area contributed by atoms with Gasteiger partial charge in [-0.2, -0.15) is 0 Å². The van der Waals surface area contributed by atoms with Gasteiger partial charge in [0.15, 0.2) is 0 Å². The van der Waals surface area contributed by atoms with E-state index >= 15 is 0 Å². The molecule has 0 saturated carbocycles. The number of carboxylic acid groups (broad SMARTS) is 1. The summed E-state index contributed by atoms with van der Waals surface area (Å²) < 4.78 is 6.32. The summed E-state index contributed by atoms with van der Waals surface area (Å²) in [6.45, 7) is 1.83. The minimum absolute atomic E-state index is 0.214. The van der Waals surface area contributed by atoms with Gasteiger partial charge >= 0.3 is 5.97 Å². The molecule has 116 valence electrons. The molecule has 1 aromatic carbocycles. The first kappa shape index (κ1) is 16.8. The van der Waals surface area contributed by atoms with Gasteiger partial charge in [0.05, 0.1) is 15.1 Å². The van der Waals surface area contributed by atoms with Gasteiger partial charge in [-0.15, -0.1) is 0 Å². The summed E-state index contributed by atoms with van der Waals surface area (Å²) in [7, 11) is 0. The van der Waals surface area contributed by atoms with E-state index in [-0.39, 0.29) is 4.91 Å². The number of nitrogens with zero attached hydrogens (tertiary/aromatic N) is 1. The van der Waals surface area contributed by atoms with E-state index in [0.717, 1.165) is 31.5 Å². The Kier molecular flexibility index (Phi) is 5.46. The Morgan fingerprint density at radius 1 is 1.45 bits per heavy atom. The first-order valence-electron chi connectivity index (χ1n) is 6.32. The maximum absolute atomic E-state index is 12.0. The van der Waals surface area contributed by atoms with Gasteiger partial charge in [-0.25, -0.2) is 0 Å². The summed E-state index contributed by atoms with van der Waals surface area (Å²) in [5.41, 5.74) is 0.744. The number of hydrogen-bond donors (Lipinski definition) is 1. The van der Waals surface area contributed by atoms with Crippen LogP contribution in [0.15, 0.2) is 23.1 Å². The number of carbonyl (C=O) groups is 3. The molecular formula is C14H12INO5S. The fourth-order valence-corrected chi connectivity index (χ4v) is 3.34. The highest BCUT2D eigenvalue weighted by Gasteiger charge is 2.36. The number of aliphatic carboxylic acids is 1. The molecule has 0 aliphatic carbocycles. The summed E-state index contributed by atoms with van der Waals surface area (Å²) >= 11 is 2.86. The molecule has 1 aliphatic rings. The molecular weight excluding hydrogens is 421 g/mol. The molecule has 1 aliphatic heterocycles. The Morgan fingerprint density at radius 3 is 2.77 bits per heavy atom. The highest BCUT2D eigenvalue weighted by molar-refractivity contribution is 14.1. The number of carboxylic acids is 1. The second-order valence-corrected chi connectivity index (χ2v) is 6.44. The number of thioether (sulfide) groups is 1. The molecule has 2 amide bonds. The lowest BCUT2D eigenvalue weighted by Gasteiger charge is -2.08. The highest BCUT2D eigenvalue weighted by Crippen LogP contribution is 2.33. The smallest absolute Gasteiger partial charge is 0.323 e. The molecule has 22 heavy (non-hydrogen) atoms. The van der Waals surface area contributed by atoms with Crippen LogP contribution in [0.4, 0.5) is 4.79 Å². The van der Waals surface area contributed by atoms with Crippen molar-refractivity contribution in [2.24, 2.45) is 0 Å². The van der Waals surface area contributed by atoms with Gasteiger partial charge in [-0.05, 0) is 65.0 Å². The third kappa shape index (κ3) is 3.80. The minimum Gasteiger partial charge on any atom is -0.493 e. The van der Waals surface area contributed by atoms with Crippen LogP contribution in [0.3, 0.4) is 0 Å². The van der Waals surface area contributed by atoms with Crippen molar-refractivity contribution >= 4 is 57.5 Å². The summed E-state index contributed by atoms with van der Waals surface area (Å²) in [6, 6.07) is 5.40. The predicted octanol–water partition coefficient (Wildman–Crippen LogP) is 2.81. The number of carbonyl (C=O) groups excluding carboxylic acids is 2. The van der Waals surface area contributed by atoms with Gasteiger partial charge in [0.2, 0.25) is 0 Å². The van der Waals surface area contributed by atoms with Gasteiger partial charge in [-0.3, -0.25) is 19.3 Å². The topological polar surface area (TPSA) is 83.9 Å². The Balaban J connectivity index is 2.23. The summed E-state index contributed by atoms with van der Waals surface area (Å²) in [4.78, 5) is 35.3. The molecule has 0 spiro atoms. The third-order valence-corrected chi connectivity index (χ3v) is 4.47. The number of benzene rings is 1. The zero-order valence-electron chi connectivity index (χ0n) is 11.5. The van der Waals surface area contributed by atoms with E-state index in [9.17, 15) is 14.4 Å². The molecule has 1 N–H and O–H groups in total. The van der Waals surface area contributed by atoms with Gasteiger partial charge < -0.3 is 9.84 Å². The van der Waals surface area contributed by atoms with Gasteiger partial charge in [0, 0.05) is 0 Å². The summed E-state index contributed by atoms with van der Waals surface area (Å²) in [5, 5.41) is 8.14. The van der Waals surface area contributed by atoms with Crippen LogP contribution in [0.2, 0.25) is 0 Å². The molecule has 0 radical (unpaired) electrons. The zero-order valence-corrected chi connectivity index (χ0v) is 14.5. The maximum atomic E-state index is 12.0. The van der Waals surface area contributed by atoms with Crippen molar-refractivity contribution in [1.29, 1.82) is 0 Å². The minimum atomic E-state index is -1.22. The number of amides is 2. The molecule has 1 saturated heterocycles. The predicted molar refractivity (Wildman–Crippen MR) is 90.6 cm³/mol. The van der Waals surface area contributed by atoms with E-state index in [1.165, 1.54) is 0 Å². The standard InChI is InChI=1S/C14H12INO5S/c1-2-21-10-4-3-8(5-9(10)15)6-11-13(19)16(7-12(17)18)14(20)22-11/h3-6H,2,7H2,1H3,(H,17,18). The van der Waals surface area contributed by atoms with E-state index in [4.69, 9.17) is 9.84 Å². The van der Waals surface area contributed by atoms with Crippen molar-refractivity contribution in [1.82, 2.24) is 4.90 Å². The quantitative estimate of drug-likeness (QED) is 0.568. The van der Waals surface area contributed by atoms with Crippen molar-refractivity contribution < 1.29 is 24.2 Å². The fraction of sp³-hybridized carbons (Fsp3) is 0.214. The van der Waals surface area contributed by atoms with Crippen LogP contribution in [-0.2, 0) is 9.59 Å². The highest BCUT2D eigenvalue weighted by atomic mass is 127. The average molecular weight is 433 g/mol. The van der Waals surface area contributed by atoms with Crippen LogP contribution in [0.25, 0.3) is 6.08 Å². The summed E-state index contributed by atoms with van der Waals surface area (Å²) in [6.07, 6.45) is 1.57. The van der Waals surface area contributed by atoms with Gasteiger partial charge in [0.1, 0.15) is 12.3 Å². The Hall–Kier alpha value is -1.55. The monoisotopic (exact) mass is 433 g/mol. The molecule has 1 heterocycles. The first-order chi connectivity index (χ1) is 10.4. The number of rotatable bonds is 5. The molecule has 2 rings (SSSR count). The lowest BCUT2D eigenvalue weighted by atomic mass is 10.2. The van der Waals surface area contributed by atoms with Gasteiger partial charge in [-0.1, -0.05) is 6.07 Å². The maximum Gasteiger partial charge on any atom is 0.323 e. The van der Waals surface area contributed by atoms with Crippen molar-refractivity contribution in [3.63, 3.8) is 0 Å². The van der Waals surface area contributed by atoms with Crippen LogP contribution in [0.1, 0.15) is 12.5 Å². The van der Waals surface area contributed by atoms with Crippen molar-refractivity contribution in [3.8, 4) is 5.75 Å². The van der Waals surface area contributed by atoms with Crippen molar-refractivity contribution in [3.05, 3.63) is 32.2 Å². The van der Waals surface area contributed by atoms with E-state index in [0.29, 0.717) is 6.61 Å². The molecule has 1 aromatic rings. The normalized spacial score (nSPS) is 16.5.